The van der Waals surface area contributed by atoms with Gasteiger partial charge < -0.3 is 14.6 Å². The third-order valence-corrected chi connectivity index (χ3v) is 3.22. The molecule has 0 fully saturated rings. The maximum absolute atomic E-state index is 11.7. The van der Waals surface area contributed by atoms with Gasteiger partial charge in [0.25, 0.3) is 0 Å². The average Bonchev–Trinajstić information content (AvgIpc) is 2.44. The molecule has 1 aliphatic rings. The summed E-state index contributed by atoms with van der Waals surface area (Å²) < 4.78 is 9.78. The molecule has 0 spiro atoms. The van der Waals surface area contributed by atoms with Crippen molar-refractivity contribution in [1.82, 2.24) is 0 Å². The predicted molar refractivity (Wildman–Crippen MR) is 67.6 cm³/mol. The first kappa shape index (κ1) is 13.2. The standard InChI is InChI=1S/C13H15NO5/c1-18-9-4-6-10-8(7-9)3-5-11(12(15)19-2)14(10)13(16)17/h4,6-7,11H,3,5H2,1-2H3,(H,16,17). The van der Waals surface area contributed by atoms with Gasteiger partial charge in [-0.15, -0.1) is 0 Å². The molecule has 19 heavy (non-hydrogen) atoms. The van der Waals surface area contributed by atoms with Gasteiger partial charge in [0.1, 0.15) is 11.8 Å². The molecule has 0 aromatic heterocycles. The Bertz CT molecular complexity index is 514. The molecule has 102 valence electrons. The fourth-order valence-corrected chi connectivity index (χ4v) is 2.31. The van der Waals surface area contributed by atoms with E-state index in [0.717, 1.165) is 10.5 Å². The van der Waals surface area contributed by atoms with E-state index in [1.165, 1.54) is 7.11 Å². The van der Waals surface area contributed by atoms with Crippen molar-refractivity contribution in [2.75, 3.05) is 19.1 Å². The largest absolute Gasteiger partial charge is 0.497 e. The SMILES string of the molecule is COC(=O)C1CCc2cc(OC)ccc2N1C(=O)O. The maximum Gasteiger partial charge on any atom is 0.412 e. The van der Waals surface area contributed by atoms with Crippen LogP contribution in [-0.2, 0) is 16.0 Å². The second-order valence-corrected chi connectivity index (χ2v) is 4.22. The monoisotopic (exact) mass is 265 g/mol. The number of nitrogens with zero attached hydrogens (tertiary/aromatic N) is 1. The van der Waals surface area contributed by atoms with Gasteiger partial charge in [-0.05, 0) is 36.6 Å². The van der Waals surface area contributed by atoms with Gasteiger partial charge >= 0.3 is 12.1 Å². The molecule has 0 saturated carbocycles. The fourth-order valence-electron chi connectivity index (χ4n) is 2.31. The van der Waals surface area contributed by atoms with Crippen LogP contribution in [0.25, 0.3) is 0 Å². The van der Waals surface area contributed by atoms with Gasteiger partial charge in [0.2, 0.25) is 0 Å². The van der Waals surface area contributed by atoms with Crippen molar-refractivity contribution in [2.24, 2.45) is 0 Å². The van der Waals surface area contributed by atoms with Crippen LogP contribution in [0.5, 0.6) is 5.75 Å². The zero-order valence-electron chi connectivity index (χ0n) is 10.8. The number of carboxylic acid groups (broad SMARTS) is 1. The third kappa shape index (κ3) is 2.33. The van der Waals surface area contributed by atoms with E-state index in [1.54, 1.807) is 25.3 Å². The fraction of sp³-hybridized carbons (Fsp3) is 0.385. The number of benzene rings is 1. The summed E-state index contributed by atoms with van der Waals surface area (Å²) >= 11 is 0. The molecule has 1 atom stereocenters. The molecule has 6 nitrogen and oxygen atoms in total. The smallest absolute Gasteiger partial charge is 0.412 e. The van der Waals surface area contributed by atoms with Gasteiger partial charge in [-0.2, -0.15) is 0 Å². The summed E-state index contributed by atoms with van der Waals surface area (Å²) in [6.07, 6.45) is -0.156. The molecular weight excluding hydrogens is 250 g/mol. The van der Waals surface area contributed by atoms with Crippen LogP contribution in [0, 0.1) is 0 Å². The zero-order chi connectivity index (χ0) is 14.0. The molecule has 1 N–H and O–H groups in total. The van der Waals surface area contributed by atoms with Crippen LogP contribution in [0.15, 0.2) is 18.2 Å². The van der Waals surface area contributed by atoms with Crippen molar-refractivity contribution in [3.63, 3.8) is 0 Å². The summed E-state index contributed by atoms with van der Waals surface area (Å²) in [5.41, 5.74) is 1.36. The highest BCUT2D eigenvalue weighted by Gasteiger charge is 2.36. The highest BCUT2D eigenvalue weighted by Crippen LogP contribution is 2.33. The third-order valence-electron chi connectivity index (χ3n) is 3.22. The lowest BCUT2D eigenvalue weighted by molar-refractivity contribution is -0.142. The van der Waals surface area contributed by atoms with Gasteiger partial charge in [-0.3, -0.25) is 4.90 Å². The van der Waals surface area contributed by atoms with E-state index in [9.17, 15) is 14.7 Å². The number of aryl methyl sites for hydroxylation is 1. The van der Waals surface area contributed by atoms with Crippen LogP contribution in [0.3, 0.4) is 0 Å². The van der Waals surface area contributed by atoms with E-state index >= 15 is 0 Å². The summed E-state index contributed by atoms with van der Waals surface area (Å²) in [6.45, 7) is 0. The van der Waals surface area contributed by atoms with Crippen molar-refractivity contribution in [3.05, 3.63) is 23.8 Å². The Labute approximate surface area is 110 Å². The van der Waals surface area contributed by atoms with E-state index in [1.807, 2.05) is 0 Å². The van der Waals surface area contributed by atoms with Crippen molar-refractivity contribution in [3.8, 4) is 5.75 Å². The molecule has 1 aromatic rings. The first-order valence-corrected chi connectivity index (χ1v) is 5.85. The number of hydrogen-bond donors (Lipinski definition) is 1. The summed E-state index contributed by atoms with van der Waals surface area (Å²) in [5, 5.41) is 9.31. The maximum atomic E-state index is 11.7. The van der Waals surface area contributed by atoms with Gasteiger partial charge in [0.05, 0.1) is 19.9 Å². The van der Waals surface area contributed by atoms with Crippen molar-refractivity contribution in [1.29, 1.82) is 0 Å². The second-order valence-electron chi connectivity index (χ2n) is 4.22. The second kappa shape index (κ2) is 5.17. The average molecular weight is 265 g/mol. The van der Waals surface area contributed by atoms with E-state index in [0.29, 0.717) is 24.3 Å². The van der Waals surface area contributed by atoms with Gasteiger partial charge in [-0.1, -0.05) is 0 Å². The number of hydrogen-bond acceptors (Lipinski definition) is 4. The van der Waals surface area contributed by atoms with Crippen LogP contribution >= 0.6 is 0 Å². The van der Waals surface area contributed by atoms with Gasteiger partial charge in [0.15, 0.2) is 0 Å². The quantitative estimate of drug-likeness (QED) is 0.823. The van der Waals surface area contributed by atoms with Crippen molar-refractivity contribution < 1.29 is 24.2 Å². The minimum Gasteiger partial charge on any atom is -0.497 e. The van der Waals surface area contributed by atoms with Crippen LogP contribution in [0.2, 0.25) is 0 Å². The Kier molecular flexibility index (Phi) is 3.59. The number of fused-ring (bicyclic) bond motifs is 1. The lowest BCUT2D eigenvalue weighted by atomic mass is 9.96. The normalized spacial score (nSPS) is 17.6. The first-order valence-electron chi connectivity index (χ1n) is 5.85. The number of anilines is 1. The van der Waals surface area contributed by atoms with Crippen LogP contribution in [-0.4, -0.2) is 37.4 Å². The lowest BCUT2D eigenvalue weighted by Crippen LogP contribution is -2.48. The van der Waals surface area contributed by atoms with Crippen molar-refractivity contribution in [2.45, 2.75) is 18.9 Å². The molecule has 1 aliphatic heterocycles. The number of rotatable bonds is 2. The molecule has 0 aliphatic carbocycles. The minimum absolute atomic E-state index is 0.402. The molecule has 0 bridgehead atoms. The molecule has 0 radical (unpaired) electrons. The Morgan fingerprint density at radius 2 is 2.11 bits per heavy atom. The number of esters is 1. The lowest BCUT2D eigenvalue weighted by Gasteiger charge is -2.33. The molecule has 1 unspecified atom stereocenters. The highest BCUT2D eigenvalue weighted by molar-refractivity contribution is 5.96. The molecule has 1 heterocycles. The Balaban J connectivity index is 2.43. The highest BCUT2D eigenvalue weighted by atomic mass is 16.5. The Morgan fingerprint density at radius 1 is 1.37 bits per heavy atom. The van der Waals surface area contributed by atoms with E-state index in [-0.39, 0.29) is 0 Å². The van der Waals surface area contributed by atoms with Crippen LogP contribution < -0.4 is 9.64 Å². The predicted octanol–water partition coefficient (Wildman–Crippen LogP) is 1.67. The Hall–Kier alpha value is -2.24. The first-order chi connectivity index (χ1) is 9.08. The summed E-state index contributed by atoms with van der Waals surface area (Å²) in [7, 11) is 2.81. The van der Waals surface area contributed by atoms with E-state index in [2.05, 4.69) is 4.74 Å². The number of methoxy groups -OCH3 is 2. The summed E-state index contributed by atoms with van der Waals surface area (Å²) in [5.74, 6) is 0.129. The minimum atomic E-state index is -1.17. The number of ether oxygens (including phenoxy) is 2. The van der Waals surface area contributed by atoms with Gasteiger partial charge in [-0.25, -0.2) is 9.59 Å². The molecule has 6 heteroatoms. The molecular formula is C13H15NO5. The topological polar surface area (TPSA) is 76.1 Å². The molecule has 1 amide bonds. The Morgan fingerprint density at radius 3 is 2.68 bits per heavy atom. The van der Waals surface area contributed by atoms with Gasteiger partial charge in [0, 0.05) is 0 Å². The number of carbonyl (C=O) groups excluding carboxylic acids is 1. The molecule has 2 rings (SSSR count). The van der Waals surface area contributed by atoms with E-state index in [4.69, 9.17) is 4.74 Å². The number of amides is 1. The molecule has 0 saturated heterocycles. The summed E-state index contributed by atoms with van der Waals surface area (Å²) in [6, 6.07) is 4.33. The van der Waals surface area contributed by atoms with Crippen LogP contribution in [0.4, 0.5) is 10.5 Å². The zero-order valence-corrected chi connectivity index (χ0v) is 10.8. The number of carbonyl (C=O) groups is 2. The van der Waals surface area contributed by atoms with Crippen LogP contribution in [0.1, 0.15) is 12.0 Å². The van der Waals surface area contributed by atoms with Crippen molar-refractivity contribution >= 4 is 17.7 Å². The molecule has 1 aromatic carbocycles. The van der Waals surface area contributed by atoms with E-state index < -0.39 is 18.1 Å². The summed E-state index contributed by atoms with van der Waals surface area (Å²) in [4.78, 5) is 24.1.